The van der Waals surface area contributed by atoms with Crippen LogP contribution in [0, 0.1) is 0 Å². The summed E-state index contributed by atoms with van der Waals surface area (Å²) in [5.74, 6) is 1.47. The SMILES string of the molecule is COc1ccc(-c2cc(=NC[C@H](C)O)c3cc(Cl)ccc3o2)cc1. The highest BCUT2D eigenvalue weighted by Gasteiger charge is 2.07. The minimum atomic E-state index is -0.513. The fourth-order valence-electron chi connectivity index (χ4n) is 2.40. The van der Waals surface area contributed by atoms with E-state index in [-0.39, 0.29) is 0 Å². The summed E-state index contributed by atoms with van der Waals surface area (Å²) in [5.41, 5.74) is 1.61. The van der Waals surface area contributed by atoms with Gasteiger partial charge in [0, 0.05) is 22.0 Å². The first kappa shape index (κ1) is 16.6. The summed E-state index contributed by atoms with van der Waals surface area (Å²) in [6.45, 7) is 2.02. The molecule has 0 saturated carbocycles. The molecule has 0 spiro atoms. The van der Waals surface area contributed by atoms with Gasteiger partial charge in [-0.2, -0.15) is 0 Å². The van der Waals surface area contributed by atoms with Crippen LogP contribution in [-0.4, -0.2) is 24.9 Å². The van der Waals surface area contributed by atoms with E-state index in [0.717, 1.165) is 22.1 Å². The molecule has 1 N–H and O–H groups in total. The molecule has 5 heteroatoms. The molecule has 0 unspecified atom stereocenters. The predicted octanol–water partition coefficient (Wildman–Crippen LogP) is 4.04. The lowest BCUT2D eigenvalue weighted by Gasteiger charge is -2.07. The maximum atomic E-state index is 9.53. The van der Waals surface area contributed by atoms with Crippen LogP contribution in [0.4, 0.5) is 0 Å². The third-order valence-electron chi connectivity index (χ3n) is 3.61. The summed E-state index contributed by atoms with van der Waals surface area (Å²) >= 11 is 6.10. The fraction of sp³-hybridized carbons (Fsp3) is 0.211. The van der Waals surface area contributed by atoms with E-state index in [1.54, 1.807) is 20.1 Å². The van der Waals surface area contributed by atoms with Crippen LogP contribution in [0.5, 0.6) is 5.75 Å². The van der Waals surface area contributed by atoms with Crippen molar-refractivity contribution in [3.05, 3.63) is 58.9 Å². The summed E-state index contributed by atoms with van der Waals surface area (Å²) in [5, 5.41) is 11.7. The molecule has 1 atom stereocenters. The monoisotopic (exact) mass is 343 g/mol. The molecule has 0 bridgehead atoms. The molecule has 0 saturated heterocycles. The van der Waals surface area contributed by atoms with Crippen LogP contribution in [-0.2, 0) is 0 Å². The summed E-state index contributed by atoms with van der Waals surface area (Å²) in [6.07, 6.45) is -0.513. The van der Waals surface area contributed by atoms with Crippen LogP contribution in [0.15, 0.2) is 57.9 Å². The Balaban J connectivity index is 2.18. The summed E-state index contributed by atoms with van der Waals surface area (Å²) < 4.78 is 11.2. The number of fused-ring (bicyclic) bond motifs is 1. The molecule has 0 radical (unpaired) electrons. The van der Waals surface area contributed by atoms with E-state index < -0.39 is 6.10 Å². The van der Waals surface area contributed by atoms with Crippen molar-refractivity contribution >= 4 is 22.6 Å². The number of aliphatic hydroxyl groups is 1. The van der Waals surface area contributed by atoms with Gasteiger partial charge in [-0.05, 0) is 49.4 Å². The Hall–Kier alpha value is -2.30. The van der Waals surface area contributed by atoms with E-state index >= 15 is 0 Å². The molecule has 124 valence electrons. The zero-order valence-corrected chi connectivity index (χ0v) is 14.2. The van der Waals surface area contributed by atoms with Gasteiger partial charge in [0.05, 0.1) is 25.1 Å². The van der Waals surface area contributed by atoms with Crippen molar-refractivity contribution in [1.82, 2.24) is 0 Å². The Bertz CT molecular complexity index is 914. The zero-order valence-electron chi connectivity index (χ0n) is 13.5. The van der Waals surface area contributed by atoms with E-state index in [1.165, 1.54) is 0 Å². The number of hydrogen-bond acceptors (Lipinski definition) is 4. The molecule has 4 nitrogen and oxygen atoms in total. The smallest absolute Gasteiger partial charge is 0.136 e. The maximum absolute atomic E-state index is 9.53. The number of rotatable bonds is 4. The summed E-state index contributed by atoms with van der Waals surface area (Å²) in [6, 6.07) is 14.9. The van der Waals surface area contributed by atoms with Crippen molar-refractivity contribution in [2.24, 2.45) is 4.99 Å². The van der Waals surface area contributed by atoms with Crippen molar-refractivity contribution in [2.45, 2.75) is 13.0 Å². The van der Waals surface area contributed by atoms with Crippen LogP contribution < -0.4 is 10.1 Å². The average Bonchev–Trinajstić information content (AvgIpc) is 2.59. The van der Waals surface area contributed by atoms with Gasteiger partial charge in [0.15, 0.2) is 0 Å². The normalized spacial score (nSPS) is 13.2. The van der Waals surface area contributed by atoms with Crippen LogP contribution in [0.1, 0.15) is 6.92 Å². The molecule has 0 aliphatic carbocycles. The van der Waals surface area contributed by atoms with Gasteiger partial charge in [0.25, 0.3) is 0 Å². The minimum Gasteiger partial charge on any atom is -0.497 e. The lowest BCUT2D eigenvalue weighted by molar-refractivity contribution is 0.203. The molecular formula is C19H18ClNO3. The van der Waals surface area contributed by atoms with E-state index in [0.29, 0.717) is 22.9 Å². The molecule has 0 aliphatic rings. The zero-order chi connectivity index (χ0) is 17.1. The Labute approximate surface area is 145 Å². The Morgan fingerprint density at radius 2 is 1.92 bits per heavy atom. The van der Waals surface area contributed by atoms with Crippen LogP contribution in [0.2, 0.25) is 5.02 Å². The minimum absolute atomic E-state index is 0.313. The van der Waals surface area contributed by atoms with Gasteiger partial charge >= 0.3 is 0 Å². The van der Waals surface area contributed by atoms with Gasteiger partial charge in [0.2, 0.25) is 0 Å². The highest BCUT2D eigenvalue weighted by atomic mass is 35.5. The summed E-state index contributed by atoms with van der Waals surface area (Å²) in [7, 11) is 1.63. The Morgan fingerprint density at radius 1 is 1.17 bits per heavy atom. The lowest BCUT2D eigenvalue weighted by Crippen LogP contribution is -2.11. The molecule has 1 aromatic heterocycles. The number of benzene rings is 2. The quantitative estimate of drug-likeness (QED) is 0.777. The second kappa shape index (κ2) is 7.07. The third kappa shape index (κ3) is 3.61. The molecule has 1 heterocycles. The number of nitrogens with zero attached hydrogens (tertiary/aromatic N) is 1. The first-order valence-electron chi connectivity index (χ1n) is 7.63. The van der Waals surface area contributed by atoms with Crippen LogP contribution in [0.25, 0.3) is 22.3 Å². The second-order valence-corrected chi connectivity index (χ2v) is 5.99. The number of hydrogen-bond donors (Lipinski definition) is 1. The lowest BCUT2D eigenvalue weighted by atomic mass is 10.1. The van der Waals surface area contributed by atoms with Gasteiger partial charge in [-0.15, -0.1) is 0 Å². The van der Waals surface area contributed by atoms with Crippen molar-refractivity contribution in [3.63, 3.8) is 0 Å². The molecule has 2 aromatic carbocycles. The maximum Gasteiger partial charge on any atom is 0.136 e. The molecule has 24 heavy (non-hydrogen) atoms. The number of methoxy groups -OCH3 is 1. The number of halogens is 1. The van der Waals surface area contributed by atoms with Gasteiger partial charge in [-0.1, -0.05) is 11.6 Å². The average molecular weight is 344 g/mol. The van der Waals surface area contributed by atoms with Gasteiger partial charge in [0.1, 0.15) is 17.1 Å². The van der Waals surface area contributed by atoms with Crippen molar-refractivity contribution in [2.75, 3.05) is 13.7 Å². The largest absolute Gasteiger partial charge is 0.497 e. The topological polar surface area (TPSA) is 55.0 Å². The molecule has 0 aliphatic heterocycles. The Kier molecular flexibility index (Phi) is 4.88. The first-order valence-corrected chi connectivity index (χ1v) is 8.01. The third-order valence-corrected chi connectivity index (χ3v) is 3.84. The highest BCUT2D eigenvalue weighted by Crippen LogP contribution is 2.25. The molecule has 0 fully saturated rings. The molecule has 0 amide bonds. The fourth-order valence-corrected chi connectivity index (χ4v) is 2.57. The van der Waals surface area contributed by atoms with E-state index in [2.05, 4.69) is 4.99 Å². The molecule has 3 aromatic rings. The van der Waals surface area contributed by atoms with E-state index in [4.69, 9.17) is 20.8 Å². The second-order valence-electron chi connectivity index (χ2n) is 5.55. The van der Waals surface area contributed by atoms with Gasteiger partial charge < -0.3 is 14.3 Å². The van der Waals surface area contributed by atoms with E-state index in [1.807, 2.05) is 42.5 Å². The van der Waals surface area contributed by atoms with Crippen LogP contribution in [0.3, 0.4) is 0 Å². The molecular weight excluding hydrogens is 326 g/mol. The summed E-state index contributed by atoms with van der Waals surface area (Å²) in [4.78, 5) is 4.50. The van der Waals surface area contributed by atoms with Gasteiger partial charge in [-0.3, -0.25) is 4.99 Å². The van der Waals surface area contributed by atoms with Gasteiger partial charge in [-0.25, -0.2) is 0 Å². The highest BCUT2D eigenvalue weighted by molar-refractivity contribution is 6.31. The van der Waals surface area contributed by atoms with E-state index in [9.17, 15) is 5.11 Å². The molecule has 3 rings (SSSR count). The standard InChI is InChI=1S/C19H18ClNO3/c1-12(22)11-21-17-10-19(13-3-6-15(23-2)7-4-13)24-18-8-5-14(20)9-16(17)18/h3-10,12,22H,11H2,1-2H3/t12-/m0/s1. The van der Waals surface area contributed by atoms with Crippen molar-refractivity contribution in [3.8, 4) is 17.1 Å². The van der Waals surface area contributed by atoms with Crippen molar-refractivity contribution < 1.29 is 14.3 Å². The Morgan fingerprint density at radius 3 is 2.58 bits per heavy atom. The van der Waals surface area contributed by atoms with Crippen molar-refractivity contribution in [1.29, 1.82) is 0 Å². The number of ether oxygens (including phenoxy) is 1. The first-order chi connectivity index (χ1) is 11.6. The van der Waals surface area contributed by atoms with Crippen LogP contribution >= 0.6 is 11.6 Å². The predicted molar refractivity (Wildman–Crippen MR) is 95.3 cm³/mol. The number of aliphatic hydroxyl groups excluding tert-OH is 1.